The third kappa shape index (κ3) is 1.89. The van der Waals surface area contributed by atoms with Crippen molar-refractivity contribution in [1.29, 1.82) is 0 Å². The van der Waals surface area contributed by atoms with Gasteiger partial charge in [-0.3, -0.25) is 0 Å². The lowest BCUT2D eigenvalue weighted by atomic mass is 9.23. The smallest absolute Gasteiger partial charge is 0.150 e. The third-order valence-electron chi connectivity index (χ3n) is 22.5. The Kier molecular flexibility index (Phi) is 3.29. The molecule has 13 aliphatic rings. The zero-order chi connectivity index (χ0) is 41.5. The van der Waals surface area contributed by atoms with Crippen LogP contribution in [0.1, 0.15) is 108 Å². The van der Waals surface area contributed by atoms with Gasteiger partial charge < -0.3 is 9.47 Å². The highest BCUT2D eigenvalue weighted by atomic mass is 16.5. The molecular formula is C63H26N2O2. The zero-order valence-corrected chi connectivity index (χ0v) is 35.4. The number of benzene rings is 10. The second-order valence-electron chi connectivity index (χ2n) is 23.3. The summed E-state index contributed by atoms with van der Waals surface area (Å²) in [5, 5.41) is 21.6. The molecular weight excluding hydrogens is 817 g/mol. The summed E-state index contributed by atoms with van der Waals surface area (Å²) < 4.78 is 17.4. The van der Waals surface area contributed by atoms with Crippen LogP contribution in [-0.4, -0.2) is 9.97 Å². The molecule has 8 atom stereocenters. The monoisotopic (exact) mass is 842 g/mol. The minimum atomic E-state index is -0.951. The maximum Gasteiger partial charge on any atom is 0.150 e. The molecule has 4 nitrogen and oxygen atoms in total. The number of para-hydroxylation sites is 2. The van der Waals surface area contributed by atoms with Crippen molar-refractivity contribution in [3.8, 4) is 0 Å². The molecule has 4 unspecified atom stereocenters. The molecule has 4 bridgehead atoms. The number of hydrogen-bond acceptors (Lipinski definition) is 4. The first-order chi connectivity index (χ1) is 33.2. The number of hydrogen-bond donors (Lipinski definition) is 0. The van der Waals surface area contributed by atoms with E-state index in [1.54, 1.807) is 86.9 Å². The lowest BCUT2D eigenvalue weighted by molar-refractivity contribution is -0.159. The second-order valence-corrected chi connectivity index (χ2v) is 23.3. The van der Waals surface area contributed by atoms with Crippen LogP contribution in [0.5, 0.6) is 0 Å². The Morgan fingerprint density at radius 1 is 0.418 bits per heavy atom. The molecule has 11 aromatic carbocycles. The van der Waals surface area contributed by atoms with Crippen LogP contribution >= 0.6 is 0 Å². The van der Waals surface area contributed by atoms with Gasteiger partial charge in [0.15, 0.2) is 0 Å². The largest absolute Gasteiger partial charge is 0.354 e. The topological polar surface area (TPSA) is 44.2 Å². The molecule has 25 rings (SSSR count). The van der Waals surface area contributed by atoms with Crippen LogP contribution in [0.2, 0.25) is 0 Å². The van der Waals surface area contributed by atoms with E-state index in [-0.39, 0.29) is 12.2 Å². The van der Waals surface area contributed by atoms with E-state index in [0.717, 1.165) is 41.7 Å². The maximum atomic E-state index is 8.68. The Morgan fingerprint density at radius 3 is 1.37 bits per heavy atom. The van der Waals surface area contributed by atoms with Gasteiger partial charge in [0.05, 0.1) is 44.9 Å². The molecule has 2 saturated heterocycles. The molecule has 4 aliphatic heterocycles. The van der Waals surface area contributed by atoms with E-state index in [0.29, 0.717) is 0 Å². The van der Waals surface area contributed by atoms with E-state index >= 15 is 0 Å². The van der Waals surface area contributed by atoms with Gasteiger partial charge in [-0.05, 0) is 185 Å². The zero-order valence-electron chi connectivity index (χ0n) is 35.4. The number of rotatable bonds is 0. The van der Waals surface area contributed by atoms with Crippen LogP contribution in [-0.2, 0) is 44.3 Å². The fourth-order valence-corrected chi connectivity index (χ4v) is 22.3. The van der Waals surface area contributed by atoms with Crippen molar-refractivity contribution in [2.75, 3.05) is 0 Å². The molecule has 12 aromatic rings. The molecule has 300 valence electrons. The van der Waals surface area contributed by atoms with E-state index in [1.807, 2.05) is 0 Å². The van der Waals surface area contributed by atoms with Crippen molar-refractivity contribution in [1.82, 2.24) is 9.97 Å². The number of ether oxygens (including phenoxy) is 2. The van der Waals surface area contributed by atoms with E-state index in [1.165, 1.54) is 77.6 Å². The van der Waals surface area contributed by atoms with Gasteiger partial charge in [0.1, 0.15) is 22.6 Å². The Morgan fingerprint density at radius 2 is 0.851 bits per heavy atom. The Bertz CT molecular complexity index is 4760. The quantitative estimate of drug-likeness (QED) is 0.143. The average molecular weight is 843 g/mol. The molecule has 3 fully saturated rings. The highest BCUT2D eigenvalue weighted by molar-refractivity contribution is 6.55. The predicted molar refractivity (Wildman–Crippen MR) is 257 cm³/mol. The lowest BCUT2D eigenvalue weighted by Gasteiger charge is -2.74. The highest BCUT2D eigenvalue weighted by Crippen LogP contribution is 3.03. The average Bonchev–Trinajstić information content (AvgIpc) is 4.30. The Hall–Kier alpha value is -7.24. The van der Waals surface area contributed by atoms with Crippen molar-refractivity contribution < 1.29 is 9.47 Å². The van der Waals surface area contributed by atoms with E-state index in [4.69, 9.17) is 19.4 Å². The summed E-state index contributed by atoms with van der Waals surface area (Å²) >= 11 is 0. The molecule has 0 amide bonds. The molecule has 6 spiro atoms. The first kappa shape index (κ1) is 29.4. The fraction of sp³-hybridized carbons (Fsp3) is 0.175. The summed E-state index contributed by atoms with van der Waals surface area (Å²) in [4.78, 5) is 12.1. The van der Waals surface area contributed by atoms with Gasteiger partial charge >= 0.3 is 0 Å². The van der Waals surface area contributed by atoms with Crippen LogP contribution < -0.4 is 0 Å². The first-order valence-electron chi connectivity index (χ1n) is 24.7. The molecule has 0 radical (unpaired) electrons. The molecule has 0 N–H and O–H groups in total. The minimum Gasteiger partial charge on any atom is -0.354 e. The summed E-state index contributed by atoms with van der Waals surface area (Å²) in [5.74, 6) is 0. The van der Waals surface area contributed by atoms with Gasteiger partial charge in [-0.2, -0.15) is 0 Å². The van der Waals surface area contributed by atoms with Crippen LogP contribution in [0.15, 0.2) is 108 Å². The van der Waals surface area contributed by atoms with Crippen molar-refractivity contribution in [2.24, 2.45) is 10.8 Å². The summed E-state index contributed by atoms with van der Waals surface area (Å²) in [5.41, 5.74) is 23.1. The van der Waals surface area contributed by atoms with Crippen molar-refractivity contribution in [3.63, 3.8) is 0 Å². The standard InChI is InChI=1S/C63H26N2O2/c1-3-9-33-31(7-1)56-58-50-27-17-25-15-22-13-24-14-23-16-26-18-28-20-30-21-29(19-27)62(58)60(33,66-56)54-55(65-36-12-6-5-11-35(36)64-54)61-34-10-4-2-8-32(34)57(67-61)59(63(30,61)62)51(28)47-40(26)38(23)43-41(24)42-37(22)39(25)46(50)48-44(42)45(43)49(47)53(59)52(48)58/h1-14,17-20,56-57H,15-16,21H2/t56-,57+,58?,59?,60+,61-,62?,63?. The summed E-state index contributed by atoms with van der Waals surface area (Å²) in [7, 11) is 0. The van der Waals surface area contributed by atoms with Gasteiger partial charge in [0, 0.05) is 0 Å². The first-order valence-corrected chi connectivity index (χ1v) is 24.7. The summed E-state index contributed by atoms with van der Waals surface area (Å²) in [6.45, 7) is 0. The normalized spacial score (nSPS) is 34.5. The second kappa shape index (κ2) is 7.49. The number of nitrogens with zero attached hydrogens (tertiary/aromatic N) is 2. The Labute approximate surface area is 378 Å². The number of aromatic nitrogens is 2. The van der Waals surface area contributed by atoms with E-state index in [9.17, 15) is 0 Å². The van der Waals surface area contributed by atoms with Gasteiger partial charge in [-0.15, -0.1) is 0 Å². The van der Waals surface area contributed by atoms with Crippen LogP contribution in [0.4, 0.5) is 0 Å². The maximum absolute atomic E-state index is 8.68. The molecule has 67 heavy (non-hydrogen) atoms. The molecule has 4 heteroatoms. The molecule has 1 aromatic heterocycles. The van der Waals surface area contributed by atoms with Crippen molar-refractivity contribution in [3.05, 3.63) is 197 Å². The van der Waals surface area contributed by atoms with E-state index < -0.39 is 32.9 Å². The van der Waals surface area contributed by atoms with Gasteiger partial charge in [-0.1, -0.05) is 108 Å². The highest BCUT2D eigenvalue weighted by Gasteiger charge is 3.04. The summed E-state index contributed by atoms with van der Waals surface area (Å²) in [6.07, 6.45) is 7.90. The third-order valence-corrected chi connectivity index (χ3v) is 22.5. The molecule has 5 heterocycles. The van der Waals surface area contributed by atoms with Crippen LogP contribution in [0, 0.1) is 10.8 Å². The van der Waals surface area contributed by atoms with Crippen molar-refractivity contribution >= 4 is 98.6 Å². The van der Waals surface area contributed by atoms with Gasteiger partial charge in [0.25, 0.3) is 0 Å². The minimum absolute atomic E-state index is 0.240. The van der Waals surface area contributed by atoms with E-state index in [2.05, 4.69) is 109 Å². The number of fused-ring (bicyclic) bond motifs is 8. The van der Waals surface area contributed by atoms with Crippen LogP contribution in [0.25, 0.3) is 98.6 Å². The Balaban J connectivity index is 1.11. The van der Waals surface area contributed by atoms with Crippen molar-refractivity contribution in [2.45, 2.75) is 53.5 Å². The van der Waals surface area contributed by atoms with Gasteiger partial charge in [0.2, 0.25) is 0 Å². The molecule has 9 aliphatic carbocycles. The predicted octanol–water partition coefficient (Wildman–Crippen LogP) is 12.6. The molecule has 1 saturated carbocycles. The van der Waals surface area contributed by atoms with Crippen LogP contribution in [0.3, 0.4) is 0 Å². The SMILES string of the molecule is C1=C2CC3=Cc4cc5c6c7c4C48c9c%10c%11c%12c(c1cc1c%12c%12c(cc%13cc(c6c6c%13c%12c%11c6c97)C5)C1)C%101[C@@H]5O[C@@]6(c7ccccc75)c5nc7ccccc7nc5[C@@]5(O[C@H]4c4ccccc45)C38C216. The fourth-order valence-electron chi connectivity index (χ4n) is 22.3. The summed E-state index contributed by atoms with van der Waals surface area (Å²) in [6, 6.07) is 38.2. The lowest BCUT2D eigenvalue weighted by Crippen LogP contribution is -2.79. The van der Waals surface area contributed by atoms with Gasteiger partial charge in [-0.25, -0.2) is 9.97 Å².